The summed E-state index contributed by atoms with van der Waals surface area (Å²) in [5.41, 5.74) is 2.73. The predicted molar refractivity (Wildman–Crippen MR) is 50.1 cm³/mol. The first kappa shape index (κ1) is 9.45. The summed E-state index contributed by atoms with van der Waals surface area (Å²) in [5, 5.41) is 1.59. The number of likely N-dealkylation sites (N-methyl/N-ethyl adjacent to an activating group) is 1. The molecule has 0 aromatic rings. The van der Waals surface area contributed by atoms with Gasteiger partial charge in [-0.1, -0.05) is 0 Å². The Labute approximate surface area is 83.0 Å². The Hall–Kier alpha value is -1.10. The minimum Gasteiger partial charge on any atom is -0.329 e. The molecule has 2 rings (SSSR count). The van der Waals surface area contributed by atoms with Crippen molar-refractivity contribution < 1.29 is 9.59 Å². The monoisotopic (exact) mass is 197 g/mol. The summed E-state index contributed by atoms with van der Waals surface area (Å²) in [6.45, 7) is 2.53. The summed E-state index contributed by atoms with van der Waals surface area (Å²) in [6, 6.07) is -0.503. The second kappa shape index (κ2) is 3.24. The van der Waals surface area contributed by atoms with Crippen molar-refractivity contribution in [3.63, 3.8) is 0 Å². The summed E-state index contributed by atoms with van der Waals surface area (Å²) in [4.78, 5) is 25.2. The van der Waals surface area contributed by atoms with E-state index in [1.165, 1.54) is 0 Å². The van der Waals surface area contributed by atoms with Gasteiger partial charge in [-0.15, -0.1) is 0 Å². The van der Waals surface area contributed by atoms with E-state index in [1.807, 2.05) is 6.92 Å². The van der Waals surface area contributed by atoms with Crippen molar-refractivity contribution >= 4 is 11.8 Å². The van der Waals surface area contributed by atoms with Crippen molar-refractivity contribution in [3.8, 4) is 0 Å². The van der Waals surface area contributed by atoms with E-state index in [9.17, 15) is 9.59 Å². The van der Waals surface area contributed by atoms with Crippen molar-refractivity contribution in [2.75, 3.05) is 13.6 Å². The standard InChI is InChI=1S/C9H15N3O2/c1-6-9(14)12-5-3-4-7(12)8(13)10-11(6)2/h6-7H,3-5H2,1-2H3,(H,10,13)/t6-,7+/m1/s1. The lowest BCUT2D eigenvalue weighted by molar-refractivity contribution is -0.136. The van der Waals surface area contributed by atoms with E-state index in [2.05, 4.69) is 5.43 Å². The average Bonchev–Trinajstić information content (AvgIpc) is 2.60. The topological polar surface area (TPSA) is 52.7 Å². The fraction of sp³-hybridized carbons (Fsp3) is 0.778. The van der Waals surface area contributed by atoms with Crippen LogP contribution in [0.3, 0.4) is 0 Å². The summed E-state index contributed by atoms with van der Waals surface area (Å²) < 4.78 is 0. The number of fused-ring (bicyclic) bond motifs is 1. The third-order valence-corrected chi connectivity index (χ3v) is 3.06. The Morgan fingerprint density at radius 2 is 2.14 bits per heavy atom. The van der Waals surface area contributed by atoms with Crippen molar-refractivity contribution in [1.82, 2.24) is 15.3 Å². The molecule has 0 spiro atoms. The summed E-state index contributed by atoms with van der Waals surface area (Å²) in [5.74, 6) is -0.00366. The first-order valence-corrected chi connectivity index (χ1v) is 4.95. The van der Waals surface area contributed by atoms with Crippen molar-refractivity contribution in [3.05, 3.63) is 0 Å². The quantitative estimate of drug-likeness (QED) is 0.561. The third kappa shape index (κ3) is 1.28. The normalized spacial score (nSPS) is 34.0. The van der Waals surface area contributed by atoms with Crippen LogP contribution in [-0.2, 0) is 9.59 Å². The Morgan fingerprint density at radius 3 is 2.86 bits per heavy atom. The first-order chi connectivity index (χ1) is 6.61. The smallest absolute Gasteiger partial charge is 0.257 e. The van der Waals surface area contributed by atoms with Gasteiger partial charge in [-0.2, -0.15) is 0 Å². The maximum Gasteiger partial charge on any atom is 0.257 e. The molecule has 5 nitrogen and oxygen atoms in total. The van der Waals surface area contributed by atoms with Gasteiger partial charge in [0.05, 0.1) is 0 Å². The maximum atomic E-state index is 11.9. The molecule has 0 aromatic heterocycles. The van der Waals surface area contributed by atoms with Gasteiger partial charge in [0.25, 0.3) is 5.91 Å². The molecule has 2 fully saturated rings. The Bertz CT molecular complexity index is 279. The zero-order valence-corrected chi connectivity index (χ0v) is 8.49. The van der Waals surface area contributed by atoms with E-state index in [4.69, 9.17) is 0 Å². The zero-order valence-electron chi connectivity index (χ0n) is 8.49. The molecule has 0 aromatic carbocycles. The molecule has 0 aliphatic carbocycles. The Morgan fingerprint density at radius 1 is 1.43 bits per heavy atom. The van der Waals surface area contributed by atoms with Crippen LogP contribution in [0.25, 0.3) is 0 Å². The lowest BCUT2D eigenvalue weighted by Crippen LogP contribution is -2.46. The molecule has 78 valence electrons. The number of hydrogen-bond acceptors (Lipinski definition) is 3. The van der Waals surface area contributed by atoms with E-state index in [-0.39, 0.29) is 23.9 Å². The van der Waals surface area contributed by atoms with Crippen LogP contribution in [0.5, 0.6) is 0 Å². The molecule has 1 N–H and O–H groups in total. The predicted octanol–water partition coefficient (Wildman–Crippen LogP) is -0.657. The molecule has 5 heteroatoms. The SMILES string of the molecule is C[C@@H]1C(=O)N2CCC[C@H]2C(=O)NN1C. The van der Waals surface area contributed by atoms with E-state index >= 15 is 0 Å². The largest absolute Gasteiger partial charge is 0.329 e. The van der Waals surface area contributed by atoms with Crippen LogP contribution in [0.1, 0.15) is 19.8 Å². The number of rotatable bonds is 0. The molecule has 2 atom stereocenters. The highest BCUT2D eigenvalue weighted by Gasteiger charge is 2.40. The van der Waals surface area contributed by atoms with Gasteiger partial charge in [-0.3, -0.25) is 15.0 Å². The Balaban J connectivity index is 2.27. The lowest BCUT2D eigenvalue weighted by Gasteiger charge is -2.23. The number of nitrogens with one attached hydrogen (secondary N) is 1. The van der Waals surface area contributed by atoms with Crippen molar-refractivity contribution in [1.29, 1.82) is 0 Å². The zero-order chi connectivity index (χ0) is 10.3. The van der Waals surface area contributed by atoms with Crippen LogP contribution in [0.2, 0.25) is 0 Å². The van der Waals surface area contributed by atoms with Crippen molar-refractivity contribution in [2.45, 2.75) is 31.8 Å². The van der Waals surface area contributed by atoms with Crippen LogP contribution in [0.15, 0.2) is 0 Å². The highest BCUT2D eigenvalue weighted by molar-refractivity contribution is 5.92. The summed E-state index contributed by atoms with van der Waals surface area (Å²) in [6.07, 6.45) is 1.72. The maximum absolute atomic E-state index is 11.9. The van der Waals surface area contributed by atoms with Crippen LogP contribution >= 0.6 is 0 Å². The minimum absolute atomic E-state index is 0.0494. The van der Waals surface area contributed by atoms with Crippen LogP contribution in [-0.4, -0.2) is 47.4 Å². The molecule has 2 aliphatic heterocycles. The molecule has 0 radical (unpaired) electrons. The molecule has 0 saturated carbocycles. The summed E-state index contributed by atoms with van der Waals surface area (Å²) in [7, 11) is 1.72. The second-order valence-electron chi connectivity index (χ2n) is 3.95. The van der Waals surface area contributed by atoms with Gasteiger partial charge in [-0.05, 0) is 19.8 Å². The van der Waals surface area contributed by atoms with Crippen molar-refractivity contribution in [2.24, 2.45) is 0 Å². The summed E-state index contributed by atoms with van der Waals surface area (Å²) >= 11 is 0. The highest BCUT2D eigenvalue weighted by atomic mass is 16.2. The van der Waals surface area contributed by atoms with E-state index < -0.39 is 0 Å². The number of carbonyl (C=O) groups is 2. The molecule has 0 unspecified atom stereocenters. The molecule has 2 heterocycles. The number of carbonyl (C=O) groups excluding carboxylic acids is 2. The van der Waals surface area contributed by atoms with Gasteiger partial charge >= 0.3 is 0 Å². The number of amides is 2. The van der Waals surface area contributed by atoms with Gasteiger partial charge in [0.15, 0.2) is 0 Å². The minimum atomic E-state index is -0.262. The number of hydrazine groups is 1. The van der Waals surface area contributed by atoms with E-state index in [1.54, 1.807) is 17.0 Å². The fourth-order valence-corrected chi connectivity index (χ4v) is 2.05. The molecule has 14 heavy (non-hydrogen) atoms. The van der Waals surface area contributed by atoms with Gasteiger partial charge in [0, 0.05) is 13.6 Å². The molecule has 0 bridgehead atoms. The molecule has 2 saturated heterocycles. The first-order valence-electron chi connectivity index (χ1n) is 4.95. The lowest BCUT2D eigenvalue weighted by atomic mass is 10.2. The van der Waals surface area contributed by atoms with Crippen LogP contribution < -0.4 is 5.43 Å². The number of nitrogens with zero attached hydrogens (tertiary/aromatic N) is 2. The molecule has 2 aliphatic rings. The second-order valence-corrected chi connectivity index (χ2v) is 3.95. The molecular weight excluding hydrogens is 182 g/mol. The van der Waals surface area contributed by atoms with Crippen LogP contribution in [0, 0.1) is 0 Å². The van der Waals surface area contributed by atoms with Gasteiger partial charge in [0.2, 0.25) is 5.91 Å². The Kier molecular flexibility index (Phi) is 2.19. The van der Waals surface area contributed by atoms with Gasteiger partial charge in [0.1, 0.15) is 12.1 Å². The van der Waals surface area contributed by atoms with Gasteiger partial charge < -0.3 is 4.90 Å². The highest BCUT2D eigenvalue weighted by Crippen LogP contribution is 2.21. The molecule has 2 amide bonds. The van der Waals surface area contributed by atoms with Crippen LogP contribution in [0.4, 0.5) is 0 Å². The van der Waals surface area contributed by atoms with Gasteiger partial charge in [-0.25, -0.2) is 5.01 Å². The third-order valence-electron chi connectivity index (χ3n) is 3.06. The average molecular weight is 197 g/mol. The number of hydrogen-bond donors (Lipinski definition) is 1. The molecular formula is C9H15N3O2. The van der Waals surface area contributed by atoms with E-state index in [0.29, 0.717) is 0 Å². The fourth-order valence-electron chi connectivity index (χ4n) is 2.05. The van der Waals surface area contributed by atoms with E-state index in [0.717, 1.165) is 19.4 Å².